The summed E-state index contributed by atoms with van der Waals surface area (Å²) in [6.45, 7) is 4.00. The van der Waals surface area contributed by atoms with Gasteiger partial charge in [0.25, 0.3) is 0 Å². The molecule has 18 heavy (non-hydrogen) atoms. The number of hydrogen-bond donors (Lipinski definition) is 0. The van der Waals surface area contributed by atoms with E-state index in [1.54, 1.807) is 13.8 Å². The maximum Gasteiger partial charge on any atom is 0.240 e. The molecule has 0 fully saturated rings. The predicted molar refractivity (Wildman–Crippen MR) is 67.5 cm³/mol. The number of carbonyl (C=O) groups excluding carboxylic acids is 1. The van der Waals surface area contributed by atoms with Crippen LogP contribution in [0.4, 0.5) is 4.39 Å². The minimum atomic E-state index is -0.633. The van der Waals surface area contributed by atoms with E-state index in [2.05, 4.69) is 0 Å². The average Bonchev–Trinajstić information content (AvgIpc) is 2.36. The molecule has 0 bridgehead atoms. The summed E-state index contributed by atoms with van der Waals surface area (Å²) in [7, 11) is 0. The number of hydrogen-bond acceptors (Lipinski definition) is 2. The molecule has 0 radical (unpaired) electrons. The normalized spacial score (nSPS) is 11.7. The molecule has 5 heteroatoms. The number of amides is 1. The summed E-state index contributed by atoms with van der Waals surface area (Å²) in [5.41, 5.74) is 0.637. The van der Waals surface area contributed by atoms with Crippen molar-refractivity contribution in [3.8, 4) is 6.07 Å². The van der Waals surface area contributed by atoms with Crippen LogP contribution in [0.2, 0.25) is 0 Å². The lowest BCUT2D eigenvalue weighted by Gasteiger charge is -2.22. The van der Waals surface area contributed by atoms with Gasteiger partial charge in [0.15, 0.2) is 0 Å². The molecular weight excluding hydrogens is 255 g/mol. The highest BCUT2D eigenvalue weighted by atomic mass is 35.5. The number of benzene rings is 1. The van der Waals surface area contributed by atoms with Crippen molar-refractivity contribution in [2.24, 2.45) is 0 Å². The fourth-order valence-electron chi connectivity index (χ4n) is 1.55. The Kier molecular flexibility index (Phi) is 5.11. The summed E-state index contributed by atoms with van der Waals surface area (Å²) in [6, 6.07) is 6.07. The highest BCUT2D eigenvalue weighted by molar-refractivity contribution is 6.30. The lowest BCUT2D eigenvalue weighted by atomic mass is 10.1. The van der Waals surface area contributed by atoms with Crippen LogP contribution in [0.1, 0.15) is 25.0 Å². The minimum absolute atomic E-state index is 0.157. The molecule has 0 spiro atoms. The van der Waals surface area contributed by atoms with Gasteiger partial charge in [-0.15, -0.1) is 11.6 Å². The van der Waals surface area contributed by atoms with Crippen molar-refractivity contribution in [2.75, 3.05) is 6.54 Å². The van der Waals surface area contributed by atoms with Gasteiger partial charge in [-0.05, 0) is 26.0 Å². The van der Waals surface area contributed by atoms with E-state index in [0.717, 1.165) is 6.07 Å². The van der Waals surface area contributed by atoms with Gasteiger partial charge in [-0.2, -0.15) is 5.26 Å². The van der Waals surface area contributed by atoms with Crippen molar-refractivity contribution in [1.82, 2.24) is 4.90 Å². The lowest BCUT2D eigenvalue weighted by molar-refractivity contribution is -0.130. The highest BCUT2D eigenvalue weighted by Gasteiger charge is 2.18. The molecule has 0 aliphatic heterocycles. The molecule has 0 saturated heterocycles. The van der Waals surface area contributed by atoms with E-state index < -0.39 is 11.2 Å². The van der Waals surface area contributed by atoms with Gasteiger partial charge in [-0.1, -0.05) is 6.07 Å². The number of rotatable bonds is 4. The number of carbonyl (C=O) groups is 1. The Morgan fingerprint density at radius 1 is 1.61 bits per heavy atom. The largest absolute Gasteiger partial charge is 0.337 e. The van der Waals surface area contributed by atoms with E-state index in [4.69, 9.17) is 16.9 Å². The lowest BCUT2D eigenvalue weighted by Crippen LogP contribution is -2.35. The number of halogens is 2. The molecule has 0 N–H and O–H groups in total. The molecule has 1 rings (SSSR count). The molecule has 0 heterocycles. The van der Waals surface area contributed by atoms with Gasteiger partial charge < -0.3 is 4.90 Å². The SMILES string of the molecule is CCN(Cc1ccc(C#N)cc1F)C(=O)C(C)Cl. The predicted octanol–water partition coefficient (Wildman–Crippen LogP) is 2.67. The van der Waals surface area contributed by atoms with Crippen LogP contribution in [0.3, 0.4) is 0 Å². The fraction of sp³-hybridized carbons (Fsp3) is 0.385. The van der Waals surface area contributed by atoms with Crippen molar-refractivity contribution in [3.63, 3.8) is 0 Å². The molecule has 1 aromatic carbocycles. The van der Waals surface area contributed by atoms with E-state index in [-0.39, 0.29) is 18.0 Å². The second-order valence-corrected chi connectivity index (χ2v) is 4.54. The van der Waals surface area contributed by atoms with Crippen molar-refractivity contribution in [1.29, 1.82) is 5.26 Å². The zero-order valence-corrected chi connectivity index (χ0v) is 11.0. The molecule has 3 nitrogen and oxygen atoms in total. The molecule has 1 unspecified atom stereocenters. The number of alkyl halides is 1. The second kappa shape index (κ2) is 6.36. The van der Waals surface area contributed by atoms with Gasteiger partial charge in [-0.25, -0.2) is 4.39 Å². The van der Waals surface area contributed by atoms with Crippen molar-refractivity contribution in [2.45, 2.75) is 25.8 Å². The third kappa shape index (κ3) is 3.44. The minimum Gasteiger partial charge on any atom is -0.337 e. The van der Waals surface area contributed by atoms with Crippen LogP contribution in [0, 0.1) is 17.1 Å². The standard InChI is InChI=1S/C13H14ClFN2O/c1-3-17(13(18)9(2)14)8-11-5-4-10(7-16)6-12(11)15/h4-6,9H,3,8H2,1-2H3. The van der Waals surface area contributed by atoms with Gasteiger partial charge in [0, 0.05) is 18.7 Å². The number of nitriles is 1. The fourth-order valence-corrected chi connectivity index (χ4v) is 1.69. The van der Waals surface area contributed by atoms with Crippen LogP contribution in [-0.2, 0) is 11.3 Å². The van der Waals surface area contributed by atoms with E-state index >= 15 is 0 Å². The molecule has 0 aliphatic rings. The number of nitrogens with zero attached hydrogens (tertiary/aromatic N) is 2. The molecule has 1 atom stereocenters. The topological polar surface area (TPSA) is 44.1 Å². The zero-order chi connectivity index (χ0) is 13.7. The maximum atomic E-state index is 13.7. The Balaban J connectivity index is 2.89. The smallest absolute Gasteiger partial charge is 0.240 e. The zero-order valence-electron chi connectivity index (χ0n) is 10.3. The average molecular weight is 269 g/mol. The molecule has 0 aromatic heterocycles. The van der Waals surface area contributed by atoms with Gasteiger partial charge in [0.05, 0.1) is 11.6 Å². The molecule has 1 aromatic rings. The Hall–Kier alpha value is -1.60. The van der Waals surface area contributed by atoms with Crippen molar-refractivity contribution >= 4 is 17.5 Å². The van der Waals surface area contributed by atoms with Crippen LogP contribution in [0.5, 0.6) is 0 Å². The van der Waals surface area contributed by atoms with Crippen LogP contribution < -0.4 is 0 Å². The third-order valence-electron chi connectivity index (χ3n) is 2.58. The van der Waals surface area contributed by atoms with Crippen molar-refractivity contribution in [3.05, 3.63) is 35.1 Å². The van der Waals surface area contributed by atoms with Gasteiger partial charge >= 0.3 is 0 Å². The highest BCUT2D eigenvalue weighted by Crippen LogP contribution is 2.14. The van der Waals surface area contributed by atoms with Gasteiger partial charge in [0.2, 0.25) is 5.91 Å². The molecule has 96 valence electrons. The summed E-state index contributed by atoms with van der Waals surface area (Å²) in [5, 5.41) is 8.01. The monoisotopic (exact) mass is 268 g/mol. The Labute approximate surface area is 111 Å². The Morgan fingerprint density at radius 2 is 2.28 bits per heavy atom. The van der Waals surface area contributed by atoms with E-state index in [1.807, 2.05) is 6.07 Å². The van der Waals surface area contributed by atoms with Gasteiger partial charge in [0.1, 0.15) is 11.2 Å². The van der Waals surface area contributed by atoms with Crippen LogP contribution in [-0.4, -0.2) is 22.7 Å². The van der Waals surface area contributed by atoms with E-state index in [9.17, 15) is 9.18 Å². The van der Waals surface area contributed by atoms with Crippen LogP contribution in [0.15, 0.2) is 18.2 Å². The second-order valence-electron chi connectivity index (χ2n) is 3.89. The van der Waals surface area contributed by atoms with Crippen LogP contribution >= 0.6 is 11.6 Å². The molecule has 0 aliphatic carbocycles. The van der Waals surface area contributed by atoms with E-state index in [0.29, 0.717) is 12.1 Å². The first-order valence-electron chi connectivity index (χ1n) is 5.61. The maximum absolute atomic E-state index is 13.7. The Morgan fingerprint density at radius 3 is 2.72 bits per heavy atom. The van der Waals surface area contributed by atoms with Crippen LogP contribution in [0.25, 0.3) is 0 Å². The van der Waals surface area contributed by atoms with E-state index in [1.165, 1.54) is 17.0 Å². The quantitative estimate of drug-likeness (QED) is 0.788. The summed E-state index contributed by atoms with van der Waals surface area (Å²) in [4.78, 5) is 13.2. The summed E-state index contributed by atoms with van der Waals surface area (Å²) in [5.74, 6) is -0.717. The van der Waals surface area contributed by atoms with Gasteiger partial charge in [-0.3, -0.25) is 4.79 Å². The summed E-state index contributed by atoms with van der Waals surface area (Å²) in [6.07, 6.45) is 0. The third-order valence-corrected chi connectivity index (χ3v) is 2.76. The molecule has 1 amide bonds. The molecular formula is C13H14ClFN2O. The summed E-state index contributed by atoms with van der Waals surface area (Å²) >= 11 is 5.73. The summed E-state index contributed by atoms with van der Waals surface area (Å²) < 4.78 is 13.7. The Bertz CT molecular complexity index is 482. The molecule has 0 saturated carbocycles. The first-order chi connectivity index (χ1) is 8.49. The van der Waals surface area contributed by atoms with Crippen molar-refractivity contribution < 1.29 is 9.18 Å². The first kappa shape index (κ1) is 14.5. The first-order valence-corrected chi connectivity index (χ1v) is 6.04.